The first kappa shape index (κ1) is 19.3. The van der Waals surface area contributed by atoms with Gasteiger partial charge in [-0.15, -0.1) is 0 Å². The van der Waals surface area contributed by atoms with Crippen LogP contribution in [0.25, 0.3) is 0 Å². The number of amides is 1. The summed E-state index contributed by atoms with van der Waals surface area (Å²) in [5.74, 6) is -3.59. The summed E-state index contributed by atoms with van der Waals surface area (Å²) in [7, 11) is 1.94. The Morgan fingerprint density at radius 2 is 2.00 bits per heavy atom. The van der Waals surface area contributed by atoms with Gasteiger partial charge in [0.15, 0.2) is 0 Å². The predicted molar refractivity (Wildman–Crippen MR) is 90.8 cm³/mol. The summed E-state index contributed by atoms with van der Waals surface area (Å²) in [6.07, 6.45) is 0.320. The van der Waals surface area contributed by atoms with Gasteiger partial charge in [0.25, 0.3) is 5.92 Å². The van der Waals surface area contributed by atoms with Gasteiger partial charge in [0.05, 0.1) is 12.1 Å². The topological polar surface area (TPSA) is 82.2 Å². The fourth-order valence-electron chi connectivity index (χ4n) is 2.89. The van der Waals surface area contributed by atoms with E-state index in [1.54, 1.807) is 18.2 Å². The average molecular weight is 350 g/mol. The number of piperidine rings is 1. The number of hydrogen-bond acceptors (Lipinski definition) is 4. The Morgan fingerprint density at radius 3 is 2.56 bits per heavy atom. The fraction of sp³-hybridized carbons (Fsp3) is 0.556. The standard InChI is InChI=1S/C18H24F2N4O/c1-24-11-9-17(13-21,10-12-24)23-16(25)15(22)7-8-18(19,20)14-5-3-2-4-6-14/h2-6,15H,7-12,22H2,1H3,(H,23,25)/t15-/m0/s1. The van der Waals surface area contributed by atoms with Crippen molar-refractivity contribution >= 4 is 5.91 Å². The van der Waals surface area contributed by atoms with Crippen molar-refractivity contribution in [1.29, 1.82) is 5.26 Å². The molecule has 7 heteroatoms. The highest BCUT2D eigenvalue weighted by molar-refractivity contribution is 5.82. The van der Waals surface area contributed by atoms with E-state index in [1.165, 1.54) is 12.1 Å². The molecule has 0 unspecified atom stereocenters. The second-order valence-electron chi connectivity index (χ2n) is 6.70. The summed E-state index contributed by atoms with van der Waals surface area (Å²) in [5, 5.41) is 12.1. The van der Waals surface area contributed by atoms with Crippen LogP contribution in [0.5, 0.6) is 0 Å². The van der Waals surface area contributed by atoms with Crippen LogP contribution < -0.4 is 11.1 Å². The molecule has 136 valence electrons. The zero-order valence-corrected chi connectivity index (χ0v) is 14.3. The molecule has 1 aromatic carbocycles. The number of hydrogen-bond donors (Lipinski definition) is 2. The van der Waals surface area contributed by atoms with Crippen molar-refractivity contribution < 1.29 is 13.6 Å². The van der Waals surface area contributed by atoms with Gasteiger partial charge in [-0.05, 0) is 26.3 Å². The second-order valence-corrected chi connectivity index (χ2v) is 6.70. The van der Waals surface area contributed by atoms with Gasteiger partial charge >= 0.3 is 0 Å². The van der Waals surface area contributed by atoms with Crippen LogP contribution in [0.4, 0.5) is 8.78 Å². The summed E-state index contributed by atoms with van der Waals surface area (Å²) in [6, 6.07) is 8.57. The van der Waals surface area contributed by atoms with Gasteiger partial charge in [-0.1, -0.05) is 30.3 Å². The molecule has 1 fully saturated rings. The van der Waals surface area contributed by atoms with Gasteiger partial charge in [-0.3, -0.25) is 4.79 Å². The first-order valence-corrected chi connectivity index (χ1v) is 8.39. The van der Waals surface area contributed by atoms with E-state index in [1.807, 2.05) is 7.05 Å². The third-order valence-corrected chi connectivity index (χ3v) is 4.72. The highest BCUT2D eigenvalue weighted by atomic mass is 19.3. The fourth-order valence-corrected chi connectivity index (χ4v) is 2.89. The lowest BCUT2D eigenvalue weighted by atomic mass is 9.88. The lowest BCUT2D eigenvalue weighted by Gasteiger charge is -2.36. The molecular formula is C18H24F2N4O. The maximum Gasteiger partial charge on any atom is 0.273 e. The molecule has 0 aliphatic carbocycles. The van der Waals surface area contributed by atoms with Crippen molar-refractivity contribution in [1.82, 2.24) is 10.2 Å². The van der Waals surface area contributed by atoms with E-state index in [2.05, 4.69) is 16.3 Å². The van der Waals surface area contributed by atoms with Crippen LogP contribution in [-0.2, 0) is 10.7 Å². The smallest absolute Gasteiger partial charge is 0.273 e. The van der Waals surface area contributed by atoms with Crippen molar-refractivity contribution in [3.63, 3.8) is 0 Å². The number of nitrogens with zero attached hydrogens (tertiary/aromatic N) is 2. The molecule has 0 aromatic heterocycles. The molecule has 1 atom stereocenters. The number of nitrogens with one attached hydrogen (secondary N) is 1. The molecule has 5 nitrogen and oxygen atoms in total. The molecule has 1 aliphatic heterocycles. The third kappa shape index (κ3) is 4.97. The Hall–Kier alpha value is -2.04. The molecule has 0 radical (unpaired) electrons. The molecule has 1 aromatic rings. The molecule has 1 aliphatic rings. The van der Waals surface area contributed by atoms with Gasteiger partial charge in [-0.25, -0.2) is 8.78 Å². The molecule has 1 heterocycles. The van der Waals surface area contributed by atoms with Crippen LogP contribution in [0.15, 0.2) is 30.3 Å². The van der Waals surface area contributed by atoms with Crippen molar-refractivity contribution in [2.75, 3.05) is 20.1 Å². The van der Waals surface area contributed by atoms with E-state index in [0.717, 1.165) is 0 Å². The Bertz CT molecular complexity index is 622. The van der Waals surface area contributed by atoms with E-state index in [0.29, 0.717) is 25.9 Å². The summed E-state index contributed by atoms with van der Waals surface area (Å²) >= 11 is 0. The summed E-state index contributed by atoms with van der Waals surface area (Å²) in [6.45, 7) is 1.38. The first-order chi connectivity index (χ1) is 11.8. The molecule has 0 bridgehead atoms. The van der Waals surface area contributed by atoms with Crippen molar-refractivity contribution in [3.8, 4) is 6.07 Å². The maximum atomic E-state index is 14.2. The Balaban J connectivity index is 1.91. The molecule has 1 saturated heterocycles. The normalized spacial score (nSPS) is 19.0. The number of alkyl halides is 2. The van der Waals surface area contributed by atoms with Crippen molar-refractivity contribution in [2.45, 2.75) is 43.2 Å². The minimum atomic E-state index is -3.04. The lowest BCUT2D eigenvalue weighted by molar-refractivity contribution is -0.124. The Morgan fingerprint density at radius 1 is 1.40 bits per heavy atom. The largest absolute Gasteiger partial charge is 0.336 e. The summed E-state index contributed by atoms with van der Waals surface area (Å²) in [4.78, 5) is 14.3. The van der Waals surface area contributed by atoms with Gasteiger partial charge in [0, 0.05) is 25.1 Å². The van der Waals surface area contributed by atoms with E-state index >= 15 is 0 Å². The van der Waals surface area contributed by atoms with Crippen molar-refractivity contribution in [3.05, 3.63) is 35.9 Å². The minimum Gasteiger partial charge on any atom is -0.336 e. The van der Waals surface area contributed by atoms with Gasteiger partial charge in [0.2, 0.25) is 5.91 Å². The third-order valence-electron chi connectivity index (χ3n) is 4.72. The van der Waals surface area contributed by atoms with E-state index < -0.39 is 29.8 Å². The second kappa shape index (κ2) is 7.89. The highest BCUT2D eigenvalue weighted by Crippen LogP contribution is 2.33. The Kier molecular flexibility index (Phi) is 6.09. The lowest BCUT2D eigenvalue weighted by Crippen LogP contribution is -2.57. The predicted octanol–water partition coefficient (Wildman–Crippen LogP) is 1.99. The minimum absolute atomic E-state index is 0.0913. The van der Waals surface area contributed by atoms with Crippen molar-refractivity contribution in [2.24, 2.45) is 5.73 Å². The SMILES string of the molecule is CN1CCC(C#N)(NC(=O)[C@@H](N)CCC(F)(F)c2ccccc2)CC1. The summed E-state index contributed by atoms with van der Waals surface area (Å²) in [5.41, 5.74) is 4.75. The van der Waals surface area contributed by atoms with Gasteiger partial charge < -0.3 is 16.0 Å². The van der Waals surface area contributed by atoms with E-state index in [4.69, 9.17) is 5.73 Å². The number of halogens is 2. The maximum absolute atomic E-state index is 14.2. The number of carbonyl (C=O) groups is 1. The zero-order valence-electron chi connectivity index (χ0n) is 14.3. The van der Waals surface area contributed by atoms with Gasteiger partial charge in [0.1, 0.15) is 5.54 Å². The van der Waals surface area contributed by atoms with E-state index in [9.17, 15) is 18.8 Å². The van der Waals surface area contributed by atoms with E-state index in [-0.39, 0.29) is 12.0 Å². The van der Waals surface area contributed by atoms with Crippen LogP contribution in [0.2, 0.25) is 0 Å². The van der Waals surface area contributed by atoms with Crippen LogP contribution in [-0.4, -0.2) is 42.5 Å². The molecule has 1 amide bonds. The Labute approximate surface area is 146 Å². The summed E-state index contributed by atoms with van der Waals surface area (Å²) < 4.78 is 28.4. The number of carbonyl (C=O) groups excluding carboxylic acids is 1. The average Bonchev–Trinajstić information content (AvgIpc) is 2.62. The highest BCUT2D eigenvalue weighted by Gasteiger charge is 2.37. The van der Waals surface area contributed by atoms with Crippen LogP contribution >= 0.6 is 0 Å². The molecule has 0 spiro atoms. The molecule has 2 rings (SSSR count). The monoisotopic (exact) mass is 350 g/mol. The van der Waals surface area contributed by atoms with Crippen LogP contribution in [0.1, 0.15) is 31.2 Å². The molecular weight excluding hydrogens is 326 g/mol. The number of likely N-dealkylation sites (tertiary alicyclic amines) is 1. The zero-order chi connectivity index (χ0) is 18.5. The van der Waals surface area contributed by atoms with Gasteiger partial charge in [-0.2, -0.15) is 5.26 Å². The first-order valence-electron chi connectivity index (χ1n) is 8.39. The van der Waals surface area contributed by atoms with Crippen LogP contribution in [0.3, 0.4) is 0 Å². The molecule has 3 N–H and O–H groups in total. The van der Waals surface area contributed by atoms with Crippen LogP contribution in [0, 0.1) is 11.3 Å². The number of nitriles is 1. The molecule has 0 saturated carbocycles. The molecule has 25 heavy (non-hydrogen) atoms. The number of benzene rings is 1. The number of nitrogens with two attached hydrogens (primary N) is 1. The quantitative estimate of drug-likeness (QED) is 0.822. The number of rotatable bonds is 6.